The van der Waals surface area contributed by atoms with Gasteiger partial charge in [0.1, 0.15) is 11.5 Å². The van der Waals surface area contributed by atoms with E-state index in [1.165, 1.54) is 31.3 Å². The highest BCUT2D eigenvalue weighted by Crippen LogP contribution is 2.48. The fourth-order valence-electron chi connectivity index (χ4n) is 3.47. The van der Waals surface area contributed by atoms with Crippen molar-refractivity contribution in [3.05, 3.63) is 72.8 Å². The number of hydrogen-bond donors (Lipinski definition) is 0. The first-order valence-electron chi connectivity index (χ1n) is 8.70. The van der Waals surface area contributed by atoms with E-state index in [0.717, 1.165) is 11.5 Å². The molecular weight excluding hydrogens is 356 g/mol. The first-order chi connectivity index (χ1) is 12.6. The molecule has 0 amide bonds. The van der Waals surface area contributed by atoms with E-state index in [-0.39, 0.29) is 0 Å². The molecule has 1 heterocycles. The van der Waals surface area contributed by atoms with Crippen LogP contribution in [-0.4, -0.2) is 8.56 Å². The highest BCUT2D eigenvalue weighted by Gasteiger charge is 2.34. The highest BCUT2D eigenvalue weighted by atomic mass is 32.2. The van der Waals surface area contributed by atoms with Crippen LogP contribution in [0.4, 0.5) is 0 Å². The summed E-state index contributed by atoms with van der Waals surface area (Å²) in [6.07, 6.45) is 0. The Balaban J connectivity index is 1.84. The zero-order valence-corrected chi connectivity index (χ0v) is 16.5. The van der Waals surface area contributed by atoms with E-state index in [9.17, 15) is 0 Å². The minimum Gasteiger partial charge on any atom is -0.511 e. The number of rotatable bonds is 0. The van der Waals surface area contributed by atoms with Crippen molar-refractivity contribution in [1.29, 1.82) is 0 Å². The predicted octanol–water partition coefficient (Wildman–Crippen LogP) is 6.62. The third-order valence-electron chi connectivity index (χ3n) is 4.60. The molecule has 0 aromatic heterocycles. The van der Waals surface area contributed by atoms with Gasteiger partial charge in [0, 0.05) is 13.1 Å². The molecule has 4 heteroatoms. The molecule has 128 valence electrons. The summed E-state index contributed by atoms with van der Waals surface area (Å²) in [7, 11) is -2.36. The first-order valence-corrected chi connectivity index (χ1v) is 12.3. The molecule has 0 fully saturated rings. The van der Waals surface area contributed by atoms with E-state index in [1.54, 1.807) is 11.8 Å². The molecule has 4 aromatic carbocycles. The minimum absolute atomic E-state index is 0.920. The van der Waals surface area contributed by atoms with Crippen LogP contribution in [0, 0.1) is 0 Å². The van der Waals surface area contributed by atoms with E-state index < -0.39 is 8.56 Å². The summed E-state index contributed by atoms with van der Waals surface area (Å²) in [5.41, 5.74) is 0. The lowest BCUT2D eigenvalue weighted by molar-refractivity contribution is 0.388. The van der Waals surface area contributed by atoms with Gasteiger partial charge in [0.2, 0.25) is 0 Å². The van der Waals surface area contributed by atoms with Crippen molar-refractivity contribution in [2.75, 3.05) is 0 Å². The molecule has 0 atom stereocenters. The van der Waals surface area contributed by atoms with Crippen molar-refractivity contribution in [1.82, 2.24) is 0 Å². The molecule has 26 heavy (non-hydrogen) atoms. The van der Waals surface area contributed by atoms with Gasteiger partial charge in [0.25, 0.3) is 0 Å². The first kappa shape index (κ1) is 15.8. The van der Waals surface area contributed by atoms with Crippen molar-refractivity contribution in [3.63, 3.8) is 0 Å². The summed E-state index contributed by atoms with van der Waals surface area (Å²) in [6, 6.07) is 25.4. The van der Waals surface area contributed by atoms with E-state index in [4.69, 9.17) is 8.85 Å². The van der Waals surface area contributed by atoms with Crippen LogP contribution in [-0.2, 0) is 0 Å². The van der Waals surface area contributed by atoms with E-state index >= 15 is 0 Å². The molecule has 1 aliphatic heterocycles. The zero-order valence-electron chi connectivity index (χ0n) is 14.7. The summed E-state index contributed by atoms with van der Waals surface area (Å²) in [4.78, 5) is 2.34. The van der Waals surface area contributed by atoms with Crippen LogP contribution in [0.3, 0.4) is 0 Å². The number of benzene rings is 4. The van der Waals surface area contributed by atoms with Gasteiger partial charge < -0.3 is 8.85 Å². The Kier molecular flexibility index (Phi) is 3.52. The van der Waals surface area contributed by atoms with Crippen LogP contribution in [0.15, 0.2) is 82.6 Å². The highest BCUT2D eigenvalue weighted by molar-refractivity contribution is 8.00. The smallest absolute Gasteiger partial charge is 0.454 e. The Morgan fingerprint density at radius 1 is 0.615 bits per heavy atom. The molecule has 0 N–H and O–H groups in total. The van der Waals surface area contributed by atoms with Crippen LogP contribution in [0.1, 0.15) is 0 Å². The van der Waals surface area contributed by atoms with Crippen LogP contribution in [0.25, 0.3) is 21.5 Å². The molecule has 0 unspecified atom stereocenters. The fraction of sp³-hybridized carbons (Fsp3) is 0.0909. The Labute approximate surface area is 158 Å². The Morgan fingerprint density at radius 3 is 1.58 bits per heavy atom. The fourth-order valence-corrected chi connectivity index (χ4v) is 6.28. The average Bonchev–Trinajstić information content (AvgIpc) is 2.63. The van der Waals surface area contributed by atoms with Crippen LogP contribution in [0.5, 0.6) is 11.5 Å². The van der Waals surface area contributed by atoms with Crippen LogP contribution < -0.4 is 8.85 Å². The molecule has 0 bridgehead atoms. The van der Waals surface area contributed by atoms with Gasteiger partial charge in [-0.1, -0.05) is 72.4 Å². The van der Waals surface area contributed by atoms with Crippen molar-refractivity contribution >= 4 is 41.9 Å². The molecule has 0 saturated carbocycles. The summed E-state index contributed by atoms with van der Waals surface area (Å²) < 4.78 is 12.8. The molecule has 0 radical (unpaired) electrons. The molecule has 0 saturated heterocycles. The van der Waals surface area contributed by atoms with Gasteiger partial charge >= 0.3 is 8.56 Å². The number of hydrogen-bond acceptors (Lipinski definition) is 3. The van der Waals surface area contributed by atoms with Gasteiger partial charge in [-0.15, -0.1) is 0 Å². The summed E-state index contributed by atoms with van der Waals surface area (Å²) >= 11 is 1.75. The summed E-state index contributed by atoms with van der Waals surface area (Å²) in [5, 5.41) is 4.90. The maximum atomic E-state index is 6.40. The lowest BCUT2D eigenvalue weighted by Crippen LogP contribution is -2.42. The largest absolute Gasteiger partial charge is 0.511 e. The maximum Gasteiger partial charge on any atom is 0.454 e. The standard InChI is InChI=1S/C22H18O2SSi/c1-26(2)23-19-13-11-15-7-3-5-9-17(15)21(19)25-22-18-10-6-4-8-16(18)12-14-20(22)24-26/h3-14H,1-2H3. The third kappa shape index (κ3) is 2.57. The second-order valence-corrected chi connectivity index (χ2v) is 11.2. The van der Waals surface area contributed by atoms with E-state index in [0.29, 0.717) is 0 Å². The van der Waals surface area contributed by atoms with Crippen LogP contribution in [0.2, 0.25) is 13.1 Å². The second-order valence-electron chi connectivity index (χ2n) is 6.93. The van der Waals surface area contributed by atoms with Gasteiger partial charge in [0.15, 0.2) is 0 Å². The quantitative estimate of drug-likeness (QED) is 0.322. The average molecular weight is 375 g/mol. The molecule has 2 nitrogen and oxygen atoms in total. The molecule has 4 aromatic rings. The van der Waals surface area contributed by atoms with Gasteiger partial charge in [-0.3, -0.25) is 0 Å². The Morgan fingerprint density at radius 2 is 1.08 bits per heavy atom. The van der Waals surface area contributed by atoms with Gasteiger partial charge in [-0.05, 0) is 33.7 Å². The zero-order chi connectivity index (χ0) is 17.7. The lowest BCUT2D eigenvalue weighted by atomic mass is 10.1. The summed E-state index contributed by atoms with van der Waals surface area (Å²) in [5.74, 6) is 1.84. The van der Waals surface area contributed by atoms with Crippen molar-refractivity contribution in [2.45, 2.75) is 22.9 Å². The number of fused-ring (bicyclic) bond motifs is 6. The second kappa shape index (κ2) is 5.79. The molecule has 5 rings (SSSR count). The van der Waals surface area contributed by atoms with Gasteiger partial charge in [-0.25, -0.2) is 0 Å². The normalized spacial score (nSPS) is 15.3. The van der Waals surface area contributed by atoms with Crippen molar-refractivity contribution < 1.29 is 8.85 Å². The predicted molar refractivity (Wildman–Crippen MR) is 111 cm³/mol. The SMILES string of the molecule is C[Si]1(C)Oc2ccc3ccccc3c2Sc2c(ccc3ccccc23)O1. The molecule has 0 aliphatic carbocycles. The van der Waals surface area contributed by atoms with E-state index in [2.05, 4.69) is 85.9 Å². The van der Waals surface area contributed by atoms with Crippen molar-refractivity contribution in [3.8, 4) is 11.5 Å². The van der Waals surface area contributed by atoms with Crippen molar-refractivity contribution in [2.24, 2.45) is 0 Å². The van der Waals surface area contributed by atoms with Gasteiger partial charge in [-0.2, -0.15) is 0 Å². The monoisotopic (exact) mass is 374 g/mol. The van der Waals surface area contributed by atoms with Gasteiger partial charge in [0.05, 0.1) is 9.79 Å². The summed E-state index contributed by atoms with van der Waals surface area (Å²) in [6.45, 7) is 4.20. The Hall–Kier alpha value is -2.43. The minimum atomic E-state index is -2.36. The maximum absolute atomic E-state index is 6.40. The molecule has 0 spiro atoms. The lowest BCUT2D eigenvalue weighted by Gasteiger charge is -2.30. The topological polar surface area (TPSA) is 18.5 Å². The molecule has 1 aliphatic rings. The van der Waals surface area contributed by atoms with Crippen LogP contribution >= 0.6 is 11.8 Å². The Bertz CT molecular complexity index is 1060. The van der Waals surface area contributed by atoms with E-state index in [1.807, 2.05) is 0 Å². The third-order valence-corrected chi connectivity index (χ3v) is 7.28. The molecular formula is C22H18O2SSi.